The summed E-state index contributed by atoms with van der Waals surface area (Å²) in [4.78, 5) is 0. The third-order valence-electron chi connectivity index (χ3n) is 3.10. The van der Waals surface area contributed by atoms with Gasteiger partial charge in [-0.3, -0.25) is 0 Å². The number of hydrogen-bond donors (Lipinski definition) is 1. The van der Waals surface area contributed by atoms with Crippen molar-refractivity contribution in [3.8, 4) is 5.75 Å². The number of fused-ring (bicyclic) bond motifs is 1. The molecule has 2 nitrogen and oxygen atoms in total. The van der Waals surface area contributed by atoms with E-state index < -0.39 is 0 Å². The summed E-state index contributed by atoms with van der Waals surface area (Å²) >= 11 is 0. The van der Waals surface area contributed by atoms with Crippen LogP contribution in [0.3, 0.4) is 0 Å². The van der Waals surface area contributed by atoms with Crippen LogP contribution in [0, 0.1) is 0 Å². The Morgan fingerprint density at radius 3 is 2.88 bits per heavy atom. The van der Waals surface area contributed by atoms with Crippen LogP contribution in [0.15, 0.2) is 18.2 Å². The van der Waals surface area contributed by atoms with Crippen molar-refractivity contribution in [2.75, 3.05) is 0 Å². The van der Waals surface area contributed by atoms with Crippen molar-refractivity contribution in [3.05, 3.63) is 29.3 Å². The Morgan fingerprint density at radius 1 is 1.31 bits per heavy atom. The maximum Gasteiger partial charge on any atom is 0.120 e. The normalized spacial score (nSPS) is 20.4. The maximum atomic E-state index is 6.19. The zero-order valence-electron chi connectivity index (χ0n) is 10.2. The van der Waals surface area contributed by atoms with Gasteiger partial charge in [-0.25, -0.2) is 0 Å². The molecule has 0 spiro atoms. The highest BCUT2D eigenvalue weighted by atomic mass is 16.5. The molecule has 0 saturated carbocycles. The molecule has 1 aromatic rings. The van der Waals surface area contributed by atoms with Gasteiger partial charge in [-0.05, 0) is 56.4 Å². The Kier molecular flexibility index (Phi) is 3.49. The van der Waals surface area contributed by atoms with Gasteiger partial charge in [-0.1, -0.05) is 12.5 Å². The van der Waals surface area contributed by atoms with E-state index in [4.69, 9.17) is 10.5 Å². The second-order valence-corrected chi connectivity index (χ2v) is 4.88. The molecule has 88 valence electrons. The first-order valence-electron chi connectivity index (χ1n) is 6.22. The second kappa shape index (κ2) is 4.88. The van der Waals surface area contributed by atoms with E-state index in [-0.39, 0.29) is 12.1 Å². The monoisotopic (exact) mass is 219 g/mol. The number of nitrogens with two attached hydrogens (primary N) is 1. The molecule has 0 saturated heterocycles. The lowest BCUT2D eigenvalue weighted by Gasteiger charge is -2.16. The van der Waals surface area contributed by atoms with Gasteiger partial charge in [0, 0.05) is 6.04 Å². The Bertz CT molecular complexity index is 360. The number of aryl methyl sites for hydroxylation is 1. The van der Waals surface area contributed by atoms with Crippen LogP contribution >= 0.6 is 0 Å². The molecule has 0 aliphatic heterocycles. The van der Waals surface area contributed by atoms with Crippen LogP contribution in [0.4, 0.5) is 0 Å². The quantitative estimate of drug-likeness (QED) is 0.775. The van der Waals surface area contributed by atoms with Crippen LogP contribution in [-0.4, -0.2) is 6.10 Å². The van der Waals surface area contributed by atoms with Crippen LogP contribution in [0.2, 0.25) is 0 Å². The van der Waals surface area contributed by atoms with Crippen LogP contribution in [0.25, 0.3) is 0 Å². The fraction of sp³-hybridized carbons (Fsp3) is 0.571. The molecular weight excluding hydrogens is 198 g/mol. The van der Waals surface area contributed by atoms with Crippen LogP contribution in [0.1, 0.15) is 50.3 Å². The SMILES string of the molecule is CC(C)Oc1ccc2c(c1)[C@@H](N)CCCC2. The summed E-state index contributed by atoms with van der Waals surface area (Å²) in [5, 5.41) is 0. The predicted molar refractivity (Wildman–Crippen MR) is 66.7 cm³/mol. The van der Waals surface area contributed by atoms with E-state index in [0.29, 0.717) is 0 Å². The van der Waals surface area contributed by atoms with E-state index in [1.54, 1.807) is 0 Å². The molecular formula is C14H21NO. The molecule has 2 N–H and O–H groups in total. The molecule has 1 aliphatic rings. The molecule has 2 rings (SSSR count). The largest absolute Gasteiger partial charge is 0.491 e. The molecule has 0 heterocycles. The molecule has 1 atom stereocenters. The lowest BCUT2D eigenvalue weighted by molar-refractivity contribution is 0.242. The Labute approximate surface area is 97.8 Å². The Hall–Kier alpha value is -1.02. The summed E-state index contributed by atoms with van der Waals surface area (Å²) in [5.74, 6) is 0.950. The van der Waals surface area contributed by atoms with Crippen LogP contribution in [-0.2, 0) is 6.42 Å². The van der Waals surface area contributed by atoms with E-state index >= 15 is 0 Å². The van der Waals surface area contributed by atoms with Gasteiger partial charge in [0.15, 0.2) is 0 Å². The highest BCUT2D eigenvalue weighted by molar-refractivity contribution is 5.38. The minimum Gasteiger partial charge on any atom is -0.491 e. The van der Waals surface area contributed by atoms with Crippen molar-refractivity contribution in [1.82, 2.24) is 0 Å². The fourth-order valence-corrected chi connectivity index (χ4v) is 2.33. The minimum atomic E-state index is 0.188. The van der Waals surface area contributed by atoms with Gasteiger partial charge in [0.2, 0.25) is 0 Å². The topological polar surface area (TPSA) is 35.2 Å². The summed E-state index contributed by atoms with van der Waals surface area (Å²) in [6.45, 7) is 4.09. The summed E-state index contributed by atoms with van der Waals surface area (Å²) in [5.41, 5.74) is 8.88. The molecule has 0 bridgehead atoms. The standard InChI is InChI=1S/C14H21NO/c1-10(2)16-12-8-7-11-5-3-4-6-14(15)13(11)9-12/h7-10,14H,3-6,15H2,1-2H3/t14-/m0/s1. The van der Waals surface area contributed by atoms with Crippen LogP contribution in [0.5, 0.6) is 5.75 Å². The van der Waals surface area contributed by atoms with Gasteiger partial charge in [0.05, 0.1) is 6.10 Å². The third-order valence-corrected chi connectivity index (χ3v) is 3.10. The first kappa shape index (κ1) is 11.5. The Balaban J connectivity index is 2.28. The number of rotatable bonds is 2. The molecule has 0 fully saturated rings. The van der Waals surface area contributed by atoms with Crippen molar-refractivity contribution < 1.29 is 4.74 Å². The molecule has 0 aromatic heterocycles. The van der Waals surface area contributed by atoms with Crippen molar-refractivity contribution in [1.29, 1.82) is 0 Å². The Morgan fingerprint density at radius 2 is 2.12 bits per heavy atom. The summed E-state index contributed by atoms with van der Waals surface area (Å²) in [6, 6.07) is 6.56. The van der Waals surface area contributed by atoms with Crippen molar-refractivity contribution in [2.24, 2.45) is 5.73 Å². The molecule has 0 radical (unpaired) electrons. The maximum absolute atomic E-state index is 6.19. The summed E-state index contributed by atoms with van der Waals surface area (Å²) in [7, 11) is 0. The minimum absolute atomic E-state index is 0.188. The van der Waals surface area contributed by atoms with Gasteiger partial charge in [-0.15, -0.1) is 0 Å². The predicted octanol–water partition coefficient (Wildman–Crippen LogP) is 3.20. The first-order chi connectivity index (χ1) is 7.66. The number of benzene rings is 1. The highest BCUT2D eigenvalue weighted by Crippen LogP contribution is 2.30. The summed E-state index contributed by atoms with van der Waals surface area (Å²) in [6.07, 6.45) is 4.96. The zero-order chi connectivity index (χ0) is 11.5. The first-order valence-corrected chi connectivity index (χ1v) is 6.22. The van der Waals surface area contributed by atoms with E-state index in [1.165, 1.54) is 24.0 Å². The summed E-state index contributed by atoms with van der Waals surface area (Å²) < 4.78 is 5.71. The van der Waals surface area contributed by atoms with E-state index in [2.05, 4.69) is 18.2 Å². The van der Waals surface area contributed by atoms with E-state index in [1.807, 2.05) is 13.8 Å². The second-order valence-electron chi connectivity index (χ2n) is 4.88. The van der Waals surface area contributed by atoms with Crippen molar-refractivity contribution in [2.45, 2.75) is 51.7 Å². The molecule has 0 amide bonds. The van der Waals surface area contributed by atoms with Crippen LogP contribution < -0.4 is 10.5 Å². The van der Waals surface area contributed by atoms with Gasteiger partial charge >= 0.3 is 0 Å². The smallest absolute Gasteiger partial charge is 0.120 e. The lowest BCUT2D eigenvalue weighted by Crippen LogP contribution is -2.12. The fourth-order valence-electron chi connectivity index (χ4n) is 2.33. The average molecular weight is 219 g/mol. The average Bonchev–Trinajstić information content (AvgIpc) is 2.41. The van der Waals surface area contributed by atoms with Crippen molar-refractivity contribution in [3.63, 3.8) is 0 Å². The lowest BCUT2D eigenvalue weighted by atomic mass is 9.99. The number of ether oxygens (including phenoxy) is 1. The van der Waals surface area contributed by atoms with E-state index in [0.717, 1.165) is 18.6 Å². The van der Waals surface area contributed by atoms with Gasteiger partial charge < -0.3 is 10.5 Å². The number of hydrogen-bond acceptors (Lipinski definition) is 2. The van der Waals surface area contributed by atoms with Gasteiger partial charge in [-0.2, -0.15) is 0 Å². The molecule has 1 aromatic carbocycles. The molecule has 16 heavy (non-hydrogen) atoms. The third kappa shape index (κ3) is 2.56. The molecule has 0 unspecified atom stereocenters. The van der Waals surface area contributed by atoms with E-state index in [9.17, 15) is 0 Å². The van der Waals surface area contributed by atoms with Gasteiger partial charge in [0.25, 0.3) is 0 Å². The highest BCUT2D eigenvalue weighted by Gasteiger charge is 2.15. The van der Waals surface area contributed by atoms with Crippen molar-refractivity contribution >= 4 is 0 Å². The molecule has 2 heteroatoms. The molecule has 1 aliphatic carbocycles. The van der Waals surface area contributed by atoms with Gasteiger partial charge in [0.1, 0.15) is 5.75 Å². The zero-order valence-corrected chi connectivity index (χ0v) is 10.2.